The lowest BCUT2D eigenvalue weighted by atomic mass is 9.86. The van der Waals surface area contributed by atoms with Gasteiger partial charge >= 0.3 is 0 Å². The third-order valence-corrected chi connectivity index (χ3v) is 4.65. The second kappa shape index (κ2) is 7.13. The van der Waals surface area contributed by atoms with Crippen LogP contribution >= 0.6 is 0 Å². The molecule has 1 fully saturated rings. The first-order chi connectivity index (χ1) is 11.9. The van der Waals surface area contributed by atoms with Crippen molar-refractivity contribution in [3.63, 3.8) is 0 Å². The van der Waals surface area contributed by atoms with Gasteiger partial charge < -0.3 is 5.32 Å². The maximum atomic E-state index is 14.2. The van der Waals surface area contributed by atoms with Crippen molar-refractivity contribution in [2.24, 2.45) is 5.92 Å². The van der Waals surface area contributed by atoms with E-state index in [4.69, 9.17) is 0 Å². The summed E-state index contributed by atoms with van der Waals surface area (Å²) in [5, 5.41) is 2.74. The molecule has 1 aliphatic rings. The number of aromatic nitrogens is 1. The van der Waals surface area contributed by atoms with Crippen LogP contribution in [0.2, 0.25) is 0 Å². The lowest BCUT2D eigenvalue weighted by molar-refractivity contribution is -0.127. The number of carbonyl (C=O) groups is 2. The smallest absolute Gasteiger partial charge is 0.224 e. The lowest BCUT2D eigenvalue weighted by Crippen LogP contribution is -2.23. The predicted molar refractivity (Wildman–Crippen MR) is 92.7 cm³/mol. The highest BCUT2D eigenvalue weighted by molar-refractivity contribution is 5.90. The molecule has 1 N–H and O–H groups in total. The molecule has 4 nitrogen and oxygen atoms in total. The zero-order valence-electron chi connectivity index (χ0n) is 14.4. The number of benzene rings is 1. The van der Waals surface area contributed by atoms with Crippen molar-refractivity contribution in [1.82, 2.24) is 10.3 Å². The van der Waals surface area contributed by atoms with Gasteiger partial charge in [0.1, 0.15) is 11.6 Å². The minimum absolute atomic E-state index is 0.0246. The van der Waals surface area contributed by atoms with E-state index in [0.717, 1.165) is 16.7 Å². The number of carbonyl (C=O) groups excluding carboxylic acids is 2. The zero-order valence-corrected chi connectivity index (χ0v) is 14.4. The highest BCUT2D eigenvalue weighted by atomic mass is 19.1. The topological polar surface area (TPSA) is 59.1 Å². The Kier molecular flexibility index (Phi) is 4.93. The largest absolute Gasteiger partial charge is 0.355 e. The van der Waals surface area contributed by atoms with E-state index < -0.39 is 17.7 Å². The number of halogens is 1. The minimum Gasteiger partial charge on any atom is -0.355 e. The number of ketones is 1. The molecule has 1 amide bonds. The molecular formula is C20H21FN2O2. The molecule has 130 valence electrons. The van der Waals surface area contributed by atoms with E-state index in [9.17, 15) is 14.0 Å². The van der Waals surface area contributed by atoms with Crippen LogP contribution in [-0.4, -0.2) is 23.2 Å². The summed E-state index contributed by atoms with van der Waals surface area (Å²) in [4.78, 5) is 28.7. The van der Waals surface area contributed by atoms with Crippen LogP contribution in [-0.2, 0) is 16.0 Å². The monoisotopic (exact) mass is 340 g/mol. The van der Waals surface area contributed by atoms with Gasteiger partial charge in [-0.2, -0.15) is 0 Å². The first kappa shape index (κ1) is 17.3. The van der Waals surface area contributed by atoms with E-state index in [0.29, 0.717) is 6.54 Å². The maximum Gasteiger partial charge on any atom is 0.224 e. The maximum absolute atomic E-state index is 14.2. The lowest BCUT2D eigenvalue weighted by Gasteiger charge is -2.16. The van der Waals surface area contributed by atoms with E-state index in [2.05, 4.69) is 10.3 Å². The molecule has 0 aliphatic carbocycles. The van der Waals surface area contributed by atoms with Crippen LogP contribution in [0, 0.1) is 25.6 Å². The summed E-state index contributed by atoms with van der Waals surface area (Å²) < 4.78 is 14.2. The molecule has 2 heterocycles. The Labute approximate surface area is 146 Å². The molecule has 1 aromatic heterocycles. The van der Waals surface area contributed by atoms with Crippen molar-refractivity contribution in [2.45, 2.75) is 32.6 Å². The van der Waals surface area contributed by atoms with Gasteiger partial charge in [-0.25, -0.2) is 4.39 Å². The SMILES string of the molecule is Cc1ccc(CC(=O)C[C@@H]2C(=O)NC[C@H]2c2ncc(C)cc2F)cc1. The fraction of sp³-hybridized carbons (Fsp3) is 0.350. The molecule has 25 heavy (non-hydrogen) atoms. The van der Waals surface area contributed by atoms with Gasteiger partial charge in [0.2, 0.25) is 5.91 Å². The van der Waals surface area contributed by atoms with Crippen molar-refractivity contribution in [1.29, 1.82) is 0 Å². The summed E-state index contributed by atoms with van der Waals surface area (Å²) in [5.74, 6) is -1.62. The first-order valence-electron chi connectivity index (χ1n) is 8.41. The molecule has 0 spiro atoms. The normalized spacial score (nSPS) is 19.7. The molecule has 2 atom stereocenters. The van der Waals surface area contributed by atoms with Gasteiger partial charge in [0.05, 0.1) is 11.6 Å². The van der Waals surface area contributed by atoms with Crippen LogP contribution in [0.3, 0.4) is 0 Å². The second-order valence-electron chi connectivity index (χ2n) is 6.74. The third-order valence-electron chi connectivity index (χ3n) is 4.65. The zero-order chi connectivity index (χ0) is 18.0. The number of hydrogen-bond acceptors (Lipinski definition) is 3. The third kappa shape index (κ3) is 3.92. The Hall–Kier alpha value is -2.56. The molecule has 1 aromatic carbocycles. The molecule has 0 saturated carbocycles. The van der Waals surface area contributed by atoms with Crippen LogP contribution in [0.5, 0.6) is 0 Å². The van der Waals surface area contributed by atoms with Gasteiger partial charge in [-0.05, 0) is 31.0 Å². The molecule has 3 rings (SSSR count). The highest BCUT2D eigenvalue weighted by Crippen LogP contribution is 2.32. The first-order valence-corrected chi connectivity index (χ1v) is 8.41. The number of rotatable bonds is 5. The van der Waals surface area contributed by atoms with Crippen molar-refractivity contribution < 1.29 is 14.0 Å². The standard InChI is InChI=1S/C20H21FN2O2/c1-12-3-5-14(6-4-12)8-15(24)9-16-17(11-23-20(16)25)19-18(21)7-13(2)10-22-19/h3-7,10,16-17H,8-9,11H2,1-2H3,(H,23,25)/t16-,17+/m0/s1. The Morgan fingerprint density at radius 3 is 2.64 bits per heavy atom. The molecule has 1 aliphatic heterocycles. The van der Waals surface area contributed by atoms with Crippen LogP contribution in [0.1, 0.15) is 34.7 Å². The van der Waals surface area contributed by atoms with Gasteiger partial charge in [0.15, 0.2) is 0 Å². The van der Waals surface area contributed by atoms with Crippen LogP contribution < -0.4 is 5.32 Å². The molecule has 1 saturated heterocycles. The summed E-state index contributed by atoms with van der Waals surface area (Å²) in [6.45, 7) is 4.07. The summed E-state index contributed by atoms with van der Waals surface area (Å²) in [6.07, 6.45) is 1.96. The molecule has 2 aromatic rings. The number of hydrogen-bond donors (Lipinski definition) is 1. The minimum atomic E-state index is -0.567. The van der Waals surface area contributed by atoms with Crippen LogP contribution in [0.25, 0.3) is 0 Å². The Morgan fingerprint density at radius 2 is 1.96 bits per heavy atom. The summed E-state index contributed by atoms with van der Waals surface area (Å²) in [7, 11) is 0. The van der Waals surface area contributed by atoms with Gasteiger partial charge in [-0.15, -0.1) is 0 Å². The molecular weight excluding hydrogens is 319 g/mol. The number of Topliss-reactive ketones (excluding diaryl/α,β-unsaturated/α-hetero) is 1. The van der Waals surface area contributed by atoms with Crippen LogP contribution in [0.15, 0.2) is 36.5 Å². The summed E-state index contributed by atoms with van der Waals surface area (Å²) in [6, 6.07) is 9.16. The number of nitrogens with one attached hydrogen (secondary N) is 1. The number of pyridine rings is 1. The summed E-state index contributed by atoms with van der Waals surface area (Å²) >= 11 is 0. The highest BCUT2D eigenvalue weighted by Gasteiger charge is 2.39. The summed E-state index contributed by atoms with van der Waals surface area (Å²) in [5.41, 5.74) is 3.04. The number of amides is 1. The fourth-order valence-corrected chi connectivity index (χ4v) is 3.26. The van der Waals surface area contributed by atoms with E-state index in [1.165, 1.54) is 6.07 Å². The average molecular weight is 340 g/mol. The van der Waals surface area contributed by atoms with Gasteiger partial charge in [0, 0.05) is 31.5 Å². The Bertz CT molecular complexity index is 802. The average Bonchev–Trinajstić information content (AvgIpc) is 2.91. The van der Waals surface area contributed by atoms with Crippen molar-refractivity contribution in [2.75, 3.05) is 6.54 Å². The van der Waals surface area contributed by atoms with Crippen molar-refractivity contribution in [3.8, 4) is 0 Å². The van der Waals surface area contributed by atoms with Gasteiger partial charge in [-0.3, -0.25) is 14.6 Å². The Balaban J connectivity index is 1.73. The van der Waals surface area contributed by atoms with E-state index in [1.54, 1.807) is 13.1 Å². The quantitative estimate of drug-likeness (QED) is 0.910. The molecule has 0 radical (unpaired) electrons. The van der Waals surface area contributed by atoms with Gasteiger partial charge in [0.25, 0.3) is 0 Å². The van der Waals surface area contributed by atoms with Crippen molar-refractivity contribution >= 4 is 11.7 Å². The second-order valence-corrected chi connectivity index (χ2v) is 6.74. The molecule has 5 heteroatoms. The number of aryl methyl sites for hydroxylation is 2. The van der Waals surface area contributed by atoms with E-state index in [1.807, 2.05) is 31.2 Å². The van der Waals surface area contributed by atoms with Crippen LogP contribution in [0.4, 0.5) is 4.39 Å². The van der Waals surface area contributed by atoms with E-state index in [-0.39, 0.29) is 30.2 Å². The Morgan fingerprint density at radius 1 is 1.24 bits per heavy atom. The molecule has 0 unspecified atom stereocenters. The van der Waals surface area contributed by atoms with Crippen molar-refractivity contribution in [3.05, 3.63) is 64.7 Å². The predicted octanol–water partition coefficient (Wildman–Crippen LogP) is 2.87. The molecule has 0 bridgehead atoms. The van der Waals surface area contributed by atoms with Gasteiger partial charge in [-0.1, -0.05) is 29.8 Å². The van der Waals surface area contributed by atoms with E-state index >= 15 is 0 Å². The fourth-order valence-electron chi connectivity index (χ4n) is 3.26. The number of nitrogens with zero attached hydrogens (tertiary/aromatic N) is 1.